The largest absolute Gasteiger partial charge is 0.366 e. The molecule has 6 heteroatoms. The van der Waals surface area contributed by atoms with Crippen LogP contribution in [0.25, 0.3) is 0 Å². The van der Waals surface area contributed by atoms with Gasteiger partial charge in [0.05, 0.1) is 4.92 Å². The fourth-order valence-corrected chi connectivity index (χ4v) is 3.09. The first-order chi connectivity index (χ1) is 11.2. The fourth-order valence-electron chi connectivity index (χ4n) is 3.09. The molecule has 0 atom stereocenters. The van der Waals surface area contributed by atoms with Gasteiger partial charge in [-0.25, -0.2) is 0 Å². The molecular formula is C18H27N3O3. The predicted octanol–water partition coefficient (Wildman–Crippen LogP) is 3.75. The summed E-state index contributed by atoms with van der Waals surface area (Å²) in [5.74, 6) is -0.281. The fraction of sp³-hybridized carbons (Fsp3) is 0.611. The van der Waals surface area contributed by atoms with Crippen molar-refractivity contribution in [3.05, 3.63) is 33.9 Å². The zero-order valence-corrected chi connectivity index (χ0v) is 15.0. The van der Waals surface area contributed by atoms with E-state index in [1.165, 1.54) is 6.07 Å². The van der Waals surface area contributed by atoms with Gasteiger partial charge in [-0.15, -0.1) is 0 Å². The number of rotatable bonds is 4. The summed E-state index contributed by atoms with van der Waals surface area (Å²) in [7, 11) is 0. The molecule has 1 amide bonds. The van der Waals surface area contributed by atoms with E-state index in [-0.39, 0.29) is 23.1 Å². The van der Waals surface area contributed by atoms with E-state index in [2.05, 4.69) is 24.1 Å². The number of amides is 1. The van der Waals surface area contributed by atoms with Crippen LogP contribution in [0.3, 0.4) is 0 Å². The van der Waals surface area contributed by atoms with Crippen LogP contribution in [0.5, 0.6) is 0 Å². The number of anilines is 1. The molecule has 2 rings (SSSR count). The molecular weight excluding hydrogens is 306 g/mol. The lowest BCUT2D eigenvalue weighted by atomic mass is 9.85. The third-order valence-electron chi connectivity index (χ3n) is 4.53. The molecule has 6 nitrogen and oxygen atoms in total. The Morgan fingerprint density at radius 3 is 2.62 bits per heavy atom. The second-order valence-electron chi connectivity index (χ2n) is 7.59. The summed E-state index contributed by atoms with van der Waals surface area (Å²) in [5.41, 5.74) is 1.21. The molecule has 1 N–H and O–H groups in total. The number of nitro benzene ring substituents is 1. The zero-order chi connectivity index (χ0) is 17.9. The molecule has 132 valence electrons. The van der Waals surface area contributed by atoms with E-state index in [0.29, 0.717) is 11.3 Å². The molecule has 1 aliphatic heterocycles. The molecule has 0 bridgehead atoms. The van der Waals surface area contributed by atoms with Crippen molar-refractivity contribution < 1.29 is 9.72 Å². The molecule has 0 radical (unpaired) electrons. The average Bonchev–Trinajstić information content (AvgIpc) is 2.66. The Kier molecular flexibility index (Phi) is 5.47. The van der Waals surface area contributed by atoms with E-state index in [4.69, 9.17) is 0 Å². The number of benzene rings is 1. The molecule has 1 fully saturated rings. The van der Waals surface area contributed by atoms with Crippen molar-refractivity contribution in [1.29, 1.82) is 0 Å². The molecule has 1 heterocycles. The van der Waals surface area contributed by atoms with E-state index in [1.54, 1.807) is 12.1 Å². The van der Waals surface area contributed by atoms with E-state index in [0.717, 1.165) is 32.4 Å². The number of hydrogen-bond acceptors (Lipinski definition) is 4. The normalized spacial score (nSPS) is 17.5. The Balaban J connectivity index is 2.30. The van der Waals surface area contributed by atoms with Crippen LogP contribution >= 0.6 is 0 Å². The lowest BCUT2D eigenvalue weighted by Gasteiger charge is -2.24. The SMILES string of the molecule is CC(C)NC(=O)c1ccc(N2CCCC(C)(C)CC2)c([N+](=O)[O-])c1. The van der Waals surface area contributed by atoms with Crippen molar-refractivity contribution in [2.75, 3.05) is 18.0 Å². The summed E-state index contributed by atoms with van der Waals surface area (Å²) >= 11 is 0. The summed E-state index contributed by atoms with van der Waals surface area (Å²) in [6.07, 6.45) is 3.13. The molecule has 24 heavy (non-hydrogen) atoms. The van der Waals surface area contributed by atoms with Crippen LogP contribution in [0.15, 0.2) is 18.2 Å². The molecule has 1 aromatic carbocycles. The molecule has 1 aromatic rings. The van der Waals surface area contributed by atoms with Gasteiger partial charge < -0.3 is 10.2 Å². The van der Waals surface area contributed by atoms with Gasteiger partial charge in [-0.1, -0.05) is 13.8 Å². The van der Waals surface area contributed by atoms with Crippen molar-refractivity contribution in [3.8, 4) is 0 Å². The number of nitro groups is 1. The Labute approximate surface area is 143 Å². The standard InChI is InChI=1S/C18H27N3O3/c1-13(2)19-17(22)14-6-7-15(16(12-14)21(23)24)20-10-5-8-18(3,4)9-11-20/h6-7,12-13H,5,8-11H2,1-4H3,(H,19,22). The van der Waals surface area contributed by atoms with Crippen LogP contribution in [0.2, 0.25) is 0 Å². The highest BCUT2D eigenvalue weighted by Crippen LogP contribution is 2.35. The Morgan fingerprint density at radius 1 is 1.29 bits per heavy atom. The monoisotopic (exact) mass is 333 g/mol. The molecule has 1 saturated heterocycles. The van der Waals surface area contributed by atoms with Crippen molar-refractivity contribution in [2.45, 2.75) is 53.0 Å². The van der Waals surface area contributed by atoms with Gasteiger partial charge in [0, 0.05) is 30.8 Å². The van der Waals surface area contributed by atoms with Gasteiger partial charge in [0.25, 0.3) is 11.6 Å². The number of nitrogens with zero attached hydrogens (tertiary/aromatic N) is 2. The van der Waals surface area contributed by atoms with Crippen LogP contribution in [-0.4, -0.2) is 30.0 Å². The second kappa shape index (κ2) is 7.20. The third kappa shape index (κ3) is 4.46. The number of nitrogens with one attached hydrogen (secondary N) is 1. The van der Waals surface area contributed by atoms with Crippen molar-refractivity contribution in [3.63, 3.8) is 0 Å². The van der Waals surface area contributed by atoms with Crippen LogP contribution in [0.1, 0.15) is 57.3 Å². The number of hydrogen-bond donors (Lipinski definition) is 1. The minimum Gasteiger partial charge on any atom is -0.366 e. The molecule has 0 aromatic heterocycles. The van der Waals surface area contributed by atoms with Crippen LogP contribution < -0.4 is 10.2 Å². The van der Waals surface area contributed by atoms with E-state index >= 15 is 0 Å². The summed E-state index contributed by atoms with van der Waals surface area (Å²) in [6.45, 7) is 9.81. The van der Waals surface area contributed by atoms with Gasteiger partial charge >= 0.3 is 0 Å². The zero-order valence-electron chi connectivity index (χ0n) is 15.0. The highest BCUT2D eigenvalue weighted by molar-refractivity contribution is 5.95. The lowest BCUT2D eigenvalue weighted by molar-refractivity contribution is -0.384. The van der Waals surface area contributed by atoms with Gasteiger partial charge in [0.1, 0.15) is 5.69 Å². The molecule has 1 aliphatic rings. The molecule has 0 saturated carbocycles. The third-order valence-corrected chi connectivity index (χ3v) is 4.53. The summed E-state index contributed by atoms with van der Waals surface area (Å²) in [5, 5.41) is 14.3. The smallest absolute Gasteiger partial charge is 0.293 e. The van der Waals surface area contributed by atoms with E-state index in [1.807, 2.05) is 13.8 Å². The van der Waals surface area contributed by atoms with Gasteiger partial charge in [-0.3, -0.25) is 14.9 Å². The van der Waals surface area contributed by atoms with Gasteiger partial charge in [0.2, 0.25) is 0 Å². The van der Waals surface area contributed by atoms with Crippen molar-refractivity contribution >= 4 is 17.3 Å². The highest BCUT2D eigenvalue weighted by Gasteiger charge is 2.27. The topological polar surface area (TPSA) is 75.5 Å². The first kappa shape index (κ1) is 18.2. The van der Waals surface area contributed by atoms with Crippen LogP contribution in [0.4, 0.5) is 11.4 Å². The second-order valence-corrected chi connectivity index (χ2v) is 7.59. The summed E-state index contributed by atoms with van der Waals surface area (Å²) in [4.78, 5) is 25.3. The summed E-state index contributed by atoms with van der Waals surface area (Å²) in [6, 6.07) is 4.77. The van der Waals surface area contributed by atoms with E-state index < -0.39 is 4.92 Å². The maximum atomic E-state index is 12.1. The van der Waals surface area contributed by atoms with Gasteiger partial charge in [-0.2, -0.15) is 0 Å². The Bertz CT molecular complexity index is 626. The average molecular weight is 333 g/mol. The Hall–Kier alpha value is -2.11. The van der Waals surface area contributed by atoms with Gasteiger partial charge in [0.15, 0.2) is 0 Å². The lowest BCUT2D eigenvalue weighted by Crippen LogP contribution is -2.30. The van der Waals surface area contributed by atoms with Crippen molar-refractivity contribution in [1.82, 2.24) is 5.32 Å². The van der Waals surface area contributed by atoms with E-state index in [9.17, 15) is 14.9 Å². The minimum absolute atomic E-state index is 0.00566. The predicted molar refractivity (Wildman–Crippen MR) is 95.5 cm³/mol. The maximum absolute atomic E-state index is 12.1. The number of carbonyl (C=O) groups excluding carboxylic acids is 1. The van der Waals surface area contributed by atoms with Gasteiger partial charge in [-0.05, 0) is 50.7 Å². The maximum Gasteiger partial charge on any atom is 0.293 e. The quantitative estimate of drug-likeness (QED) is 0.672. The molecule has 0 unspecified atom stereocenters. The van der Waals surface area contributed by atoms with Crippen molar-refractivity contribution in [2.24, 2.45) is 5.41 Å². The number of carbonyl (C=O) groups is 1. The Morgan fingerprint density at radius 2 is 2.00 bits per heavy atom. The minimum atomic E-state index is -0.391. The van der Waals surface area contributed by atoms with Crippen LogP contribution in [0, 0.1) is 15.5 Å². The first-order valence-corrected chi connectivity index (χ1v) is 8.54. The molecule has 0 aliphatic carbocycles. The first-order valence-electron chi connectivity index (χ1n) is 8.54. The van der Waals surface area contributed by atoms with Crippen LogP contribution in [-0.2, 0) is 0 Å². The summed E-state index contributed by atoms with van der Waals surface area (Å²) < 4.78 is 0. The highest BCUT2D eigenvalue weighted by atomic mass is 16.6. The molecule has 0 spiro atoms.